The molecule has 0 heterocycles. The summed E-state index contributed by atoms with van der Waals surface area (Å²) in [5, 5.41) is 17.6. The molecule has 0 aliphatic heterocycles. The normalized spacial score (nSPS) is 17.4. The largest absolute Gasteiger partial charge is 0.480 e. The lowest BCUT2D eigenvalue weighted by atomic mass is 9.96. The number of carboxylic acid groups (broad SMARTS) is 1. The second-order valence-corrected chi connectivity index (χ2v) is 7.08. The minimum Gasteiger partial charge on any atom is -0.480 e. The molecule has 0 bridgehead atoms. The molecule has 0 aromatic heterocycles. The van der Waals surface area contributed by atoms with E-state index in [4.69, 9.17) is 5.11 Å². The van der Waals surface area contributed by atoms with E-state index in [0.717, 1.165) is 25.7 Å². The lowest BCUT2D eigenvalue weighted by molar-refractivity contribution is -0.147. The van der Waals surface area contributed by atoms with E-state index < -0.39 is 11.5 Å². The van der Waals surface area contributed by atoms with Crippen LogP contribution in [0.4, 0.5) is 4.79 Å². The Hall–Kier alpha value is -1.79. The van der Waals surface area contributed by atoms with Gasteiger partial charge in [0.2, 0.25) is 5.91 Å². The van der Waals surface area contributed by atoms with Gasteiger partial charge in [0.1, 0.15) is 5.54 Å². The summed E-state index contributed by atoms with van der Waals surface area (Å²) < 4.78 is 0. The molecular formula is C18H33N3O4. The molecule has 25 heavy (non-hydrogen) atoms. The van der Waals surface area contributed by atoms with Crippen molar-refractivity contribution in [3.8, 4) is 0 Å². The van der Waals surface area contributed by atoms with E-state index in [2.05, 4.69) is 16.0 Å². The van der Waals surface area contributed by atoms with Crippen molar-refractivity contribution in [2.45, 2.75) is 89.6 Å². The Morgan fingerprint density at radius 1 is 1.08 bits per heavy atom. The molecular weight excluding hydrogens is 322 g/mol. The fraction of sp³-hybridized carbons (Fsp3) is 0.833. The minimum absolute atomic E-state index is 0.107. The van der Waals surface area contributed by atoms with Crippen molar-refractivity contribution >= 4 is 17.9 Å². The number of hydrogen-bond donors (Lipinski definition) is 4. The van der Waals surface area contributed by atoms with Crippen LogP contribution in [-0.4, -0.2) is 41.1 Å². The first-order valence-corrected chi connectivity index (χ1v) is 9.46. The van der Waals surface area contributed by atoms with Crippen molar-refractivity contribution in [1.82, 2.24) is 16.0 Å². The van der Waals surface area contributed by atoms with Gasteiger partial charge < -0.3 is 21.1 Å². The van der Waals surface area contributed by atoms with Crippen LogP contribution in [0.5, 0.6) is 0 Å². The van der Waals surface area contributed by atoms with Crippen LogP contribution in [0.25, 0.3) is 0 Å². The first kappa shape index (κ1) is 21.3. The van der Waals surface area contributed by atoms with Gasteiger partial charge in [0.15, 0.2) is 0 Å². The Bertz CT molecular complexity index is 450. The number of amides is 3. The molecule has 1 saturated carbocycles. The first-order chi connectivity index (χ1) is 11.9. The van der Waals surface area contributed by atoms with Crippen molar-refractivity contribution in [3.63, 3.8) is 0 Å². The highest BCUT2D eigenvalue weighted by atomic mass is 16.4. The lowest BCUT2D eigenvalue weighted by Crippen LogP contribution is -2.51. The summed E-state index contributed by atoms with van der Waals surface area (Å²) in [6.07, 6.45) is 8.70. The topological polar surface area (TPSA) is 108 Å². The molecule has 1 unspecified atom stereocenters. The predicted octanol–water partition coefficient (Wildman–Crippen LogP) is 2.55. The van der Waals surface area contributed by atoms with Crippen LogP contribution >= 0.6 is 0 Å². The van der Waals surface area contributed by atoms with Crippen LogP contribution in [0.3, 0.4) is 0 Å². The van der Waals surface area contributed by atoms with Gasteiger partial charge in [0.25, 0.3) is 0 Å². The Kier molecular flexibility index (Phi) is 9.31. The monoisotopic (exact) mass is 355 g/mol. The molecule has 3 amide bonds. The Morgan fingerprint density at radius 2 is 1.76 bits per heavy atom. The highest BCUT2D eigenvalue weighted by Crippen LogP contribution is 2.17. The summed E-state index contributed by atoms with van der Waals surface area (Å²) in [7, 11) is 0. The quantitative estimate of drug-likeness (QED) is 0.452. The molecule has 7 nitrogen and oxygen atoms in total. The molecule has 0 aromatic carbocycles. The molecule has 1 atom stereocenters. The second-order valence-electron chi connectivity index (χ2n) is 7.08. The van der Waals surface area contributed by atoms with Crippen LogP contribution in [0, 0.1) is 0 Å². The fourth-order valence-corrected chi connectivity index (χ4v) is 2.94. The number of urea groups is 1. The fourth-order valence-electron chi connectivity index (χ4n) is 2.94. The highest BCUT2D eigenvalue weighted by Gasteiger charge is 2.32. The molecule has 4 N–H and O–H groups in total. The third-order valence-electron chi connectivity index (χ3n) is 4.90. The van der Waals surface area contributed by atoms with Crippen molar-refractivity contribution in [1.29, 1.82) is 0 Å². The van der Waals surface area contributed by atoms with Crippen LogP contribution in [0.15, 0.2) is 0 Å². The van der Waals surface area contributed by atoms with E-state index in [-0.39, 0.29) is 11.9 Å². The Morgan fingerprint density at radius 3 is 2.36 bits per heavy atom. The van der Waals surface area contributed by atoms with Gasteiger partial charge >= 0.3 is 12.0 Å². The number of carbonyl (C=O) groups is 3. The number of rotatable bonds is 10. The number of carboxylic acids is 1. The SMILES string of the molecule is CCC(C)(NC(=O)CCCCCNC(=O)NC1CCCCC1)C(=O)O. The highest BCUT2D eigenvalue weighted by molar-refractivity contribution is 5.86. The zero-order valence-electron chi connectivity index (χ0n) is 15.5. The molecule has 7 heteroatoms. The van der Waals surface area contributed by atoms with Gasteiger partial charge in [-0.15, -0.1) is 0 Å². The van der Waals surface area contributed by atoms with E-state index in [1.54, 1.807) is 6.92 Å². The molecule has 144 valence electrons. The number of carbonyl (C=O) groups excluding carboxylic acids is 2. The third-order valence-corrected chi connectivity index (χ3v) is 4.90. The second kappa shape index (κ2) is 10.9. The summed E-state index contributed by atoms with van der Waals surface area (Å²) in [6.45, 7) is 3.84. The van der Waals surface area contributed by atoms with Gasteiger partial charge in [0, 0.05) is 19.0 Å². The number of nitrogens with one attached hydrogen (secondary N) is 3. The summed E-state index contributed by atoms with van der Waals surface area (Å²) in [5.41, 5.74) is -1.20. The van der Waals surface area contributed by atoms with Gasteiger partial charge in [-0.25, -0.2) is 9.59 Å². The van der Waals surface area contributed by atoms with Gasteiger partial charge in [-0.05, 0) is 39.0 Å². The molecule has 1 aliphatic rings. The lowest BCUT2D eigenvalue weighted by Gasteiger charge is -2.24. The van der Waals surface area contributed by atoms with Gasteiger partial charge in [0.05, 0.1) is 0 Å². The maximum absolute atomic E-state index is 11.8. The average molecular weight is 355 g/mol. The van der Waals surface area contributed by atoms with E-state index in [1.165, 1.54) is 26.2 Å². The number of unbranched alkanes of at least 4 members (excludes halogenated alkanes) is 2. The van der Waals surface area contributed by atoms with E-state index in [1.807, 2.05) is 0 Å². The first-order valence-electron chi connectivity index (χ1n) is 9.46. The van der Waals surface area contributed by atoms with Crippen LogP contribution in [0.1, 0.15) is 78.1 Å². The van der Waals surface area contributed by atoms with Crippen molar-refractivity contribution in [2.75, 3.05) is 6.54 Å². The molecule has 0 radical (unpaired) electrons. The zero-order chi connectivity index (χ0) is 18.7. The molecule has 0 saturated heterocycles. The van der Waals surface area contributed by atoms with E-state index in [0.29, 0.717) is 31.8 Å². The summed E-state index contributed by atoms with van der Waals surface area (Å²) in [6, 6.07) is 0.198. The molecule has 1 fully saturated rings. The maximum Gasteiger partial charge on any atom is 0.329 e. The maximum atomic E-state index is 11.8. The van der Waals surface area contributed by atoms with Crippen LogP contribution in [0.2, 0.25) is 0 Å². The molecule has 0 spiro atoms. The van der Waals surface area contributed by atoms with E-state index in [9.17, 15) is 14.4 Å². The smallest absolute Gasteiger partial charge is 0.329 e. The van der Waals surface area contributed by atoms with Crippen LogP contribution in [-0.2, 0) is 9.59 Å². The molecule has 1 aliphatic carbocycles. The van der Waals surface area contributed by atoms with Gasteiger partial charge in [-0.3, -0.25) is 4.79 Å². The zero-order valence-corrected chi connectivity index (χ0v) is 15.5. The van der Waals surface area contributed by atoms with E-state index >= 15 is 0 Å². The average Bonchev–Trinajstić information content (AvgIpc) is 2.58. The summed E-state index contributed by atoms with van der Waals surface area (Å²) >= 11 is 0. The van der Waals surface area contributed by atoms with Crippen molar-refractivity contribution in [3.05, 3.63) is 0 Å². The van der Waals surface area contributed by atoms with Crippen molar-refractivity contribution in [2.24, 2.45) is 0 Å². The molecule has 0 aromatic rings. The van der Waals surface area contributed by atoms with Gasteiger partial charge in [-0.1, -0.05) is 32.6 Å². The Balaban J connectivity index is 2.06. The number of aliphatic carboxylic acids is 1. The van der Waals surface area contributed by atoms with Crippen molar-refractivity contribution < 1.29 is 19.5 Å². The van der Waals surface area contributed by atoms with Crippen LogP contribution < -0.4 is 16.0 Å². The number of hydrogen-bond acceptors (Lipinski definition) is 3. The standard InChI is InChI=1S/C18H33N3O4/c1-3-18(2,16(23)24)21-15(22)12-8-5-9-13-19-17(25)20-14-10-6-4-7-11-14/h14H,3-13H2,1-2H3,(H,21,22)(H,23,24)(H2,19,20,25). The van der Waals surface area contributed by atoms with Gasteiger partial charge in [-0.2, -0.15) is 0 Å². The summed E-state index contributed by atoms with van der Waals surface area (Å²) in [5.74, 6) is -1.26. The molecule has 1 rings (SSSR count). The Labute approximate surface area is 150 Å². The third kappa shape index (κ3) is 8.23. The minimum atomic E-state index is -1.20. The predicted molar refractivity (Wildman–Crippen MR) is 96.3 cm³/mol. The summed E-state index contributed by atoms with van der Waals surface area (Å²) in [4.78, 5) is 34.7.